The first kappa shape index (κ1) is 18.7. The average molecular weight is 361 g/mol. The van der Waals surface area contributed by atoms with Crippen molar-refractivity contribution >= 4 is 5.96 Å². The highest BCUT2D eigenvalue weighted by molar-refractivity contribution is 5.79. The summed E-state index contributed by atoms with van der Waals surface area (Å²) in [5.74, 6) is 1.07. The summed E-state index contributed by atoms with van der Waals surface area (Å²) >= 11 is 0. The van der Waals surface area contributed by atoms with Gasteiger partial charge in [-0.3, -0.25) is 4.99 Å². The van der Waals surface area contributed by atoms with Crippen molar-refractivity contribution in [1.82, 2.24) is 20.2 Å². The SMILES string of the molecule is CCNC(=NCC(c1ccccc1)c1ccccc1)NCCn1ccnc1. The molecule has 0 aliphatic heterocycles. The molecule has 27 heavy (non-hydrogen) atoms. The van der Waals surface area contributed by atoms with Crippen LogP contribution in [0.2, 0.25) is 0 Å². The van der Waals surface area contributed by atoms with Gasteiger partial charge in [0.1, 0.15) is 0 Å². The van der Waals surface area contributed by atoms with E-state index in [9.17, 15) is 0 Å². The van der Waals surface area contributed by atoms with Gasteiger partial charge in [0.15, 0.2) is 5.96 Å². The molecule has 0 unspecified atom stereocenters. The van der Waals surface area contributed by atoms with Crippen LogP contribution in [0.4, 0.5) is 0 Å². The molecule has 0 fully saturated rings. The van der Waals surface area contributed by atoms with Crippen LogP contribution < -0.4 is 10.6 Å². The maximum atomic E-state index is 4.85. The fraction of sp³-hybridized carbons (Fsp3) is 0.273. The molecule has 0 amide bonds. The fourth-order valence-corrected chi connectivity index (χ4v) is 3.02. The molecule has 3 aromatic rings. The topological polar surface area (TPSA) is 54.2 Å². The molecule has 2 N–H and O–H groups in total. The van der Waals surface area contributed by atoms with Gasteiger partial charge in [-0.25, -0.2) is 4.98 Å². The number of aromatic nitrogens is 2. The van der Waals surface area contributed by atoms with Crippen LogP contribution in [0.3, 0.4) is 0 Å². The summed E-state index contributed by atoms with van der Waals surface area (Å²) in [5, 5.41) is 6.74. The van der Waals surface area contributed by atoms with Crippen molar-refractivity contribution in [3.05, 3.63) is 90.5 Å². The normalized spacial score (nSPS) is 11.6. The highest BCUT2D eigenvalue weighted by atomic mass is 15.2. The molecule has 0 bridgehead atoms. The summed E-state index contributed by atoms with van der Waals surface area (Å²) < 4.78 is 2.05. The van der Waals surface area contributed by atoms with Crippen LogP contribution in [0.5, 0.6) is 0 Å². The van der Waals surface area contributed by atoms with Gasteiger partial charge in [0.25, 0.3) is 0 Å². The maximum absolute atomic E-state index is 4.85. The highest BCUT2D eigenvalue weighted by Crippen LogP contribution is 2.24. The standard InChI is InChI=1S/C22H27N5/c1-2-24-22(25-14-16-27-15-13-23-18-27)26-17-21(19-9-5-3-6-10-19)20-11-7-4-8-12-20/h3-13,15,18,21H,2,14,16-17H2,1H3,(H2,24,25,26). The lowest BCUT2D eigenvalue weighted by atomic mass is 9.91. The minimum atomic E-state index is 0.233. The Morgan fingerprint density at radius 2 is 1.67 bits per heavy atom. The van der Waals surface area contributed by atoms with Gasteiger partial charge in [0.2, 0.25) is 0 Å². The first-order valence-electron chi connectivity index (χ1n) is 9.44. The second-order valence-corrected chi connectivity index (χ2v) is 6.32. The molecule has 0 radical (unpaired) electrons. The summed E-state index contributed by atoms with van der Waals surface area (Å²) in [4.78, 5) is 8.93. The number of nitrogens with one attached hydrogen (secondary N) is 2. The van der Waals surface area contributed by atoms with E-state index in [4.69, 9.17) is 4.99 Å². The van der Waals surface area contributed by atoms with Gasteiger partial charge in [-0.2, -0.15) is 0 Å². The van der Waals surface area contributed by atoms with Crippen molar-refractivity contribution in [3.63, 3.8) is 0 Å². The predicted octanol–water partition coefficient (Wildman–Crippen LogP) is 3.27. The number of hydrogen-bond donors (Lipinski definition) is 2. The average Bonchev–Trinajstić information content (AvgIpc) is 3.23. The Hall–Kier alpha value is -3.08. The molecule has 0 spiro atoms. The quantitative estimate of drug-likeness (QED) is 0.478. The van der Waals surface area contributed by atoms with E-state index in [2.05, 4.69) is 83.2 Å². The maximum Gasteiger partial charge on any atom is 0.191 e. The van der Waals surface area contributed by atoms with E-state index in [0.717, 1.165) is 25.6 Å². The number of benzene rings is 2. The largest absolute Gasteiger partial charge is 0.357 e. The Kier molecular flexibility index (Phi) is 7.04. The van der Waals surface area contributed by atoms with E-state index in [1.165, 1.54) is 11.1 Å². The number of guanidine groups is 1. The zero-order valence-corrected chi connectivity index (χ0v) is 15.8. The van der Waals surface area contributed by atoms with Crippen molar-refractivity contribution in [3.8, 4) is 0 Å². The molecule has 0 saturated heterocycles. The number of aliphatic imine (C=N–C) groups is 1. The molecule has 0 aliphatic rings. The first-order valence-corrected chi connectivity index (χ1v) is 9.44. The van der Waals surface area contributed by atoms with Crippen LogP contribution in [0.1, 0.15) is 24.0 Å². The summed E-state index contributed by atoms with van der Waals surface area (Å²) in [6.45, 7) is 5.25. The summed E-state index contributed by atoms with van der Waals surface area (Å²) in [6.07, 6.45) is 5.59. The van der Waals surface area contributed by atoms with E-state index < -0.39 is 0 Å². The van der Waals surface area contributed by atoms with Gasteiger partial charge in [-0.05, 0) is 18.1 Å². The molecule has 3 rings (SSSR count). The zero-order valence-electron chi connectivity index (χ0n) is 15.8. The molecule has 5 nitrogen and oxygen atoms in total. The summed E-state index contributed by atoms with van der Waals surface area (Å²) in [6, 6.07) is 21.1. The van der Waals surface area contributed by atoms with Gasteiger partial charge in [-0.1, -0.05) is 60.7 Å². The molecule has 0 saturated carbocycles. The third-order valence-corrected chi connectivity index (χ3v) is 4.40. The van der Waals surface area contributed by atoms with Crippen molar-refractivity contribution in [2.24, 2.45) is 4.99 Å². The number of imidazole rings is 1. The second-order valence-electron chi connectivity index (χ2n) is 6.32. The lowest BCUT2D eigenvalue weighted by molar-refractivity contribution is 0.660. The Morgan fingerprint density at radius 3 is 2.22 bits per heavy atom. The van der Waals surface area contributed by atoms with Crippen molar-refractivity contribution in [2.75, 3.05) is 19.6 Å². The van der Waals surface area contributed by atoms with E-state index in [1.54, 1.807) is 6.20 Å². The van der Waals surface area contributed by atoms with Gasteiger partial charge >= 0.3 is 0 Å². The van der Waals surface area contributed by atoms with Crippen LogP contribution in [-0.2, 0) is 6.54 Å². The van der Waals surface area contributed by atoms with Gasteiger partial charge < -0.3 is 15.2 Å². The molecule has 0 atom stereocenters. The van der Waals surface area contributed by atoms with E-state index >= 15 is 0 Å². The van der Waals surface area contributed by atoms with Gasteiger partial charge in [0.05, 0.1) is 12.9 Å². The smallest absolute Gasteiger partial charge is 0.191 e. The molecule has 140 valence electrons. The minimum Gasteiger partial charge on any atom is -0.357 e. The third-order valence-electron chi connectivity index (χ3n) is 4.40. The van der Waals surface area contributed by atoms with E-state index in [0.29, 0.717) is 6.54 Å². The highest BCUT2D eigenvalue weighted by Gasteiger charge is 2.13. The first-order chi connectivity index (χ1) is 13.4. The monoisotopic (exact) mass is 361 g/mol. The van der Waals surface area contributed by atoms with Crippen LogP contribution in [-0.4, -0.2) is 35.1 Å². The molecule has 2 aromatic carbocycles. The number of rotatable bonds is 8. The Labute approximate surface area is 161 Å². The zero-order chi connectivity index (χ0) is 18.7. The third kappa shape index (κ3) is 5.71. The van der Waals surface area contributed by atoms with Crippen LogP contribution in [0, 0.1) is 0 Å². The molecule has 0 aliphatic carbocycles. The Morgan fingerprint density at radius 1 is 1.00 bits per heavy atom. The van der Waals surface area contributed by atoms with Crippen LogP contribution in [0.25, 0.3) is 0 Å². The molecule has 1 aromatic heterocycles. The van der Waals surface area contributed by atoms with E-state index in [-0.39, 0.29) is 5.92 Å². The minimum absolute atomic E-state index is 0.233. The predicted molar refractivity (Wildman–Crippen MR) is 111 cm³/mol. The number of nitrogens with zero attached hydrogens (tertiary/aromatic N) is 3. The van der Waals surface area contributed by atoms with Crippen molar-refractivity contribution in [2.45, 2.75) is 19.4 Å². The van der Waals surface area contributed by atoms with Gasteiger partial charge in [0, 0.05) is 37.9 Å². The molecular formula is C22H27N5. The van der Waals surface area contributed by atoms with E-state index in [1.807, 2.05) is 17.1 Å². The fourth-order valence-electron chi connectivity index (χ4n) is 3.02. The molecule has 1 heterocycles. The number of hydrogen-bond acceptors (Lipinski definition) is 2. The van der Waals surface area contributed by atoms with Crippen LogP contribution in [0.15, 0.2) is 84.4 Å². The summed E-state index contributed by atoms with van der Waals surface area (Å²) in [7, 11) is 0. The summed E-state index contributed by atoms with van der Waals surface area (Å²) in [5.41, 5.74) is 2.56. The van der Waals surface area contributed by atoms with Crippen molar-refractivity contribution in [1.29, 1.82) is 0 Å². The Bertz CT molecular complexity index is 758. The van der Waals surface area contributed by atoms with Gasteiger partial charge in [-0.15, -0.1) is 0 Å². The molecular weight excluding hydrogens is 334 g/mol. The molecule has 5 heteroatoms. The van der Waals surface area contributed by atoms with Crippen molar-refractivity contribution < 1.29 is 0 Å². The lowest BCUT2D eigenvalue weighted by Gasteiger charge is -2.18. The Balaban J connectivity index is 1.70. The van der Waals surface area contributed by atoms with Crippen LogP contribution >= 0.6 is 0 Å². The lowest BCUT2D eigenvalue weighted by Crippen LogP contribution is -2.39. The second kappa shape index (κ2) is 10.2.